The number of nitrogens with one attached hydrogen (secondary N) is 1. The van der Waals surface area contributed by atoms with E-state index in [-0.39, 0.29) is 24.4 Å². The lowest BCUT2D eigenvalue weighted by Gasteiger charge is -2.27. The molecule has 0 aliphatic carbocycles. The van der Waals surface area contributed by atoms with Crippen LogP contribution < -0.4 is 10.1 Å². The van der Waals surface area contributed by atoms with Gasteiger partial charge in [0.25, 0.3) is 5.91 Å². The van der Waals surface area contributed by atoms with Gasteiger partial charge in [0, 0.05) is 0 Å². The maximum Gasteiger partial charge on any atom is 0.263 e. The summed E-state index contributed by atoms with van der Waals surface area (Å²) in [6, 6.07) is 5.18. The highest BCUT2D eigenvalue weighted by atomic mass is 19.1. The van der Waals surface area contributed by atoms with Crippen LogP contribution in [0.1, 0.15) is 27.2 Å². The molecule has 1 unspecified atom stereocenters. The normalized spacial score (nSPS) is 12.9. The quantitative estimate of drug-likeness (QED) is 0.829. The molecule has 5 heteroatoms. The second-order valence-corrected chi connectivity index (χ2v) is 4.83. The van der Waals surface area contributed by atoms with Crippen LogP contribution in [0.3, 0.4) is 0 Å². The molecule has 1 rings (SSSR count). The van der Waals surface area contributed by atoms with Crippen molar-refractivity contribution in [3.05, 3.63) is 30.1 Å². The molecule has 0 aliphatic rings. The van der Waals surface area contributed by atoms with Crippen molar-refractivity contribution in [3.63, 3.8) is 0 Å². The van der Waals surface area contributed by atoms with Crippen LogP contribution in [-0.2, 0) is 4.79 Å². The molecule has 106 valence electrons. The Hall–Kier alpha value is -1.62. The Morgan fingerprint density at radius 2 is 2.00 bits per heavy atom. The molecule has 1 aromatic rings. The first-order valence-electron chi connectivity index (χ1n) is 6.25. The molecule has 0 saturated heterocycles. The minimum atomic E-state index is -1.10. The second-order valence-electron chi connectivity index (χ2n) is 4.83. The fraction of sp³-hybridized carbons (Fsp3) is 0.500. The number of ether oxygens (including phenoxy) is 1. The van der Waals surface area contributed by atoms with Gasteiger partial charge in [-0.3, -0.25) is 4.79 Å². The van der Waals surface area contributed by atoms with Crippen LogP contribution in [0.15, 0.2) is 24.3 Å². The van der Waals surface area contributed by atoms with E-state index in [0.717, 1.165) is 0 Å². The zero-order valence-corrected chi connectivity index (χ0v) is 11.4. The number of halogens is 1. The van der Waals surface area contributed by atoms with Crippen LogP contribution in [0.5, 0.6) is 5.75 Å². The molecule has 0 heterocycles. The number of hydrogen-bond acceptors (Lipinski definition) is 3. The predicted molar refractivity (Wildman–Crippen MR) is 70.4 cm³/mol. The lowest BCUT2D eigenvalue weighted by atomic mass is 10.1. The molecular weight excluding hydrogens is 249 g/mol. The molecule has 19 heavy (non-hydrogen) atoms. The van der Waals surface area contributed by atoms with Gasteiger partial charge in [-0.05, 0) is 44.5 Å². The van der Waals surface area contributed by atoms with E-state index in [1.807, 2.05) is 6.92 Å². The molecule has 0 fully saturated rings. The van der Waals surface area contributed by atoms with Gasteiger partial charge in [0.1, 0.15) is 11.6 Å². The fourth-order valence-electron chi connectivity index (χ4n) is 1.48. The number of amides is 1. The maximum absolute atomic E-state index is 12.8. The van der Waals surface area contributed by atoms with Gasteiger partial charge < -0.3 is 15.2 Å². The summed E-state index contributed by atoms with van der Waals surface area (Å²) in [5.41, 5.74) is -1.10. The highest BCUT2D eigenvalue weighted by Gasteiger charge is 2.31. The molecule has 1 aromatic carbocycles. The summed E-state index contributed by atoms with van der Waals surface area (Å²) in [7, 11) is 0. The Labute approximate surface area is 112 Å². The minimum absolute atomic E-state index is 0.116. The summed E-state index contributed by atoms with van der Waals surface area (Å²) >= 11 is 0. The Bertz CT molecular complexity index is 413. The molecule has 0 aliphatic heterocycles. The first-order chi connectivity index (χ1) is 8.89. The van der Waals surface area contributed by atoms with Crippen molar-refractivity contribution in [3.8, 4) is 5.75 Å². The third kappa shape index (κ3) is 4.52. The van der Waals surface area contributed by atoms with E-state index in [2.05, 4.69) is 5.32 Å². The molecule has 0 bridgehead atoms. The van der Waals surface area contributed by atoms with Crippen molar-refractivity contribution < 1.29 is 19.0 Å². The Morgan fingerprint density at radius 1 is 1.42 bits per heavy atom. The number of hydrogen-bond donors (Lipinski definition) is 2. The SMILES string of the molecule is CCC(CO)NC(=O)C(C)(C)Oc1ccc(F)cc1. The summed E-state index contributed by atoms with van der Waals surface area (Å²) in [6.45, 7) is 5.00. The monoisotopic (exact) mass is 269 g/mol. The van der Waals surface area contributed by atoms with Crippen LogP contribution in [0.4, 0.5) is 4.39 Å². The number of rotatable bonds is 6. The van der Waals surface area contributed by atoms with Crippen LogP contribution in [0.25, 0.3) is 0 Å². The van der Waals surface area contributed by atoms with Gasteiger partial charge in [-0.1, -0.05) is 6.92 Å². The third-order valence-corrected chi connectivity index (χ3v) is 2.78. The van der Waals surface area contributed by atoms with Crippen LogP contribution in [0, 0.1) is 5.82 Å². The molecule has 1 amide bonds. The van der Waals surface area contributed by atoms with Crippen LogP contribution in [-0.4, -0.2) is 29.3 Å². The van der Waals surface area contributed by atoms with Crippen molar-refractivity contribution in [2.75, 3.05) is 6.61 Å². The molecule has 1 atom stereocenters. The van der Waals surface area contributed by atoms with Crippen molar-refractivity contribution in [2.24, 2.45) is 0 Å². The van der Waals surface area contributed by atoms with E-state index in [0.29, 0.717) is 12.2 Å². The zero-order chi connectivity index (χ0) is 14.5. The molecule has 4 nitrogen and oxygen atoms in total. The number of aliphatic hydroxyl groups is 1. The summed E-state index contributed by atoms with van der Waals surface area (Å²) in [5, 5.41) is 11.8. The van der Waals surface area contributed by atoms with Crippen molar-refractivity contribution >= 4 is 5.91 Å². The lowest BCUT2D eigenvalue weighted by Crippen LogP contribution is -2.50. The van der Waals surface area contributed by atoms with Crippen LogP contribution in [0.2, 0.25) is 0 Å². The fourth-order valence-corrected chi connectivity index (χ4v) is 1.48. The van der Waals surface area contributed by atoms with Gasteiger partial charge in [-0.2, -0.15) is 0 Å². The van der Waals surface area contributed by atoms with E-state index in [1.165, 1.54) is 24.3 Å². The minimum Gasteiger partial charge on any atom is -0.478 e. The topological polar surface area (TPSA) is 58.6 Å². The largest absolute Gasteiger partial charge is 0.478 e. The Morgan fingerprint density at radius 3 is 2.47 bits per heavy atom. The van der Waals surface area contributed by atoms with Gasteiger partial charge in [-0.25, -0.2) is 4.39 Å². The van der Waals surface area contributed by atoms with Gasteiger partial charge in [-0.15, -0.1) is 0 Å². The third-order valence-electron chi connectivity index (χ3n) is 2.78. The van der Waals surface area contributed by atoms with Crippen molar-refractivity contribution in [2.45, 2.75) is 38.8 Å². The van der Waals surface area contributed by atoms with Gasteiger partial charge >= 0.3 is 0 Å². The highest BCUT2D eigenvalue weighted by Crippen LogP contribution is 2.19. The van der Waals surface area contributed by atoms with E-state index in [4.69, 9.17) is 9.84 Å². The van der Waals surface area contributed by atoms with Gasteiger partial charge in [0.2, 0.25) is 0 Å². The number of carbonyl (C=O) groups is 1. The van der Waals surface area contributed by atoms with Crippen molar-refractivity contribution in [1.82, 2.24) is 5.32 Å². The number of benzene rings is 1. The standard InChI is InChI=1S/C14H20FNO3/c1-4-11(9-17)16-13(18)14(2,3)19-12-7-5-10(15)6-8-12/h5-8,11,17H,4,9H2,1-3H3,(H,16,18). The molecule has 2 N–H and O–H groups in total. The average molecular weight is 269 g/mol. The average Bonchev–Trinajstić information content (AvgIpc) is 2.38. The maximum atomic E-state index is 12.8. The lowest BCUT2D eigenvalue weighted by molar-refractivity contribution is -0.135. The summed E-state index contributed by atoms with van der Waals surface area (Å²) < 4.78 is 18.3. The smallest absolute Gasteiger partial charge is 0.263 e. The van der Waals surface area contributed by atoms with E-state index in [9.17, 15) is 9.18 Å². The van der Waals surface area contributed by atoms with Crippen LogP contribution >= 0.6 is 0 Å². The van der Waals surface area contributed by atoms with E-state index in [1.54, 1.807) is 13.8 Å². The summed E-state index contributed by atoms with van der Waals surface area (Å²) in [4.78, 5) is 12.0. The predicted octanol–water partition coefficient (Wildman–Crippen LogP) is 1.87. The first-order valence-corrected chi connectivity index (χ1v) is 6.25. The first kappa shape index (κ1) is 15.4. The molecule has 0 radical (unpaired) electrons. The highest BCUT2D eigenvalue weighted by molar-refractivity contribution is 5.84. The molecule has 0 aromatic heterocycles. The van der Waals surface area contributed by atoms with E-state index >= 15 is 0 Å². The Balaban J connectivity index is 2.69. The van der Waals surface area contributed by atoms with Gasteiger partial charge in [0.15, 0.2) is 5.60 Å². The second kappa shape index (κ2) is 6.52. The summed E-state index contributed by atoms with van der Waals surface area (Å²) in [6.07, 6.45) is 0.634. The van der Waals surface area contributed by atoms with Crippen molar-refractivity contribution in [1.29, 1.82) is 0 Å². The Kier molecular flexibility index (Phi) is 5.30. The molecule has 0 saturated carbocycles. The van der Waals surface area contributed by atoms with Gasteiger partial charge in [0.05, 0.1) is 12.6 Å². The number of aliphatic hydroxyl groups excluding tert-OH is 1. The number of carbonyl (C=O) groups excluding carboxylic acids is 1. The van der Waals surface area contributed by atoms with E-state index < -0.39 is 5.60 Å². The molecule has 0 spiro atoms. The summed E-state index contributed by atoms with van der Waals surface area (Å²) in [5.74, 6) is -0.266. The molecular formula is C14H20FNO3. The zero-order valence-electron chi connectivity index (χ0n) is 11.4.